The van der Waals surface area contributed by atoms with Gasteiger partial charge in [-0.1, -0.05) is 20.8 Å². The van der Waals surface area contributed by atoms with Gasteiger partial charge in [0, 0.05) is 19.1 Å². The second kappa shape index (κ2) is 4.19. The molecule has 1 rings (SSSR count). The van der Waals surface area contributed by atoms with Crippen molar-refractivity contribution in [2.75, 3.05) is 13.1 Å². The lowest BCUT2D eigenvalue weighted by Gasteiger charge is -2.47. The Labute approximate surface area is 88.3 Å². The molecule has 2 nitrogen and oxygen atoms in total. The quantitative estimate of drug-likeness (QED) is 0.736. The molecule has 1 saturated heterocycles. The maximum Gasteiger partial charge on any atom is 0.0673 e. The molecule has 0 aromatic heterocycles. The molecule has 14 heavy (non-hydrogen) atoms. The minimum Gasteiger partial charge on any atom is -0.392 e. The van der Waals surface area contributed by atoms with Crippen LogP contribution in [0.15, 0.2) is 0 Å². The van der Waals surface area contributed by atoms with Gasteiger partial charge in [-0.2, -0.15) is 0 Å². The predicted molar refractivity (Wildman–Crippen MR) is 60.3 cm³/mol. The van der Waals surface area contributed by atoms with E-state index in [1.165, 1.54) is 0 Å². The van der Waals surface area contributed by atoms with Crippen molar-refractivity contribution in [2.24, 2.45) is 11.3 Å². The summed E-state index contributed by atoms with van der Waals surface area (Å²) in [7, 11) is 0. The number of likely N-dealkylation sites (tertiary alicyclic amines) is 1. The summed E-state index contributed by atoms with van der Waals surface area (Å²) in [6, 6.07) is 0.544. The summed E-state index contributed by atoms with van der Waals surface area (Å²) in [6.45, 7) is 13.2. The first-order valence-corrected chi connectivity index (χ1v) is 5.77. The zero-order chi connectivity index (χ0) is 10.9. The Morgan fingerprint density at radius 1 is 1.29 bits per heavy atom. The first kappa shape index (κ1) is 12.0. The third kappa shape index (κ3) is 2.48. The summed E-state index contributed by atoms with van der Waals surface area (Å²) in [5.41, 5.74) is 0.280. The van der Waals surface area contributed by atoms with E-state index in [0.717, 1.165) is 19.5 Å². The SMILES string of the molecule is CC(C)N1CC(O)C[C@@](C)(C(C)C)C1. The lowest BCUT2D eigenvalue weighted by molar-refractivity contribution is -0.0350. The molecule has 1 fully saturated rings. The van der Waals surface area contributed by atoms with Crippen LogP contribution in [0.5, 0.6) is 0 Å². The zero-order valence-corrected chi connectivity index (χ0v) is 10.2. The van der Waals surface area contributed by atoms with Crippen LogP contribution in [-0.2, 0) is 0 Å². The molecule has 0 amide bonds. The van der Waals surface area contributed by atoms with Gasteiger partial charge in [-0.25, -0.2) is 0 Å². The van der Waals surface area contributed by atoms with Crippen molar-refractivity contribution in [1.82, 2.24) is 4.90 Å². The normalized spacial score (nSPS) is 35.6. The van der Waals surface area contributed by atoms with E-state index in [2.05, 4.69) is 39.5 Å². The average molecular weight is 199 g/mol. The van der Waals surface area contributed by atoms with E-state index in [0.29, 0.717) is 12.0 Å². The highest BCUT2D eigenvalue weighted by atomic mass is 16.3. The molecule has 0 saturated carbocycles. The number of nitrogens with zero attached hydrogens (tertiary/aromatic N) is 1. The molecule has 1 aliphatic rings. The first-order chi connectivity index (χ1) is 6.35. The number of aliphatic hydroxyl groups excluding tert-OH is 1. The van der Waals surface area contributed by atoms with E-state index >= 15 is 0 Å². The van der Waals surface area contributed by atoms with Crippen molar-refractivity contribution < 1.29 is 5.11 Å². The average Bonchev–Trinajstić information content (AvgIpc) is 2.02. The third-order valence-corrected chi connectivity index (χ3v) is 3.84. The van der Waals surface area contributed by atoms with Gasteiger partial charge in [0.1, 0.15) is 0 Å². The molecule has 2 atom stereocenters. The second-order valence-electron chi connectivity index (χ2n) is 5.69. The number of hydrogen-bond donors (Lipinski definition) is 1. The van der Waals surface area contributed by atoms with Gasteiger partial charge in [0.05, 0.1) is 6.10 Å². The zero-order valence-electron chi connectivity index (χ0n) is 10.2. The van der Waals surface area contributed by atoms with Gasteiger partial charge in [-0.3, -0.25) is 4.90 Å². The van der Waals surface area contributed by atoms with Gasteiger partial charge in [-0.15, -0.1) is 0 Å². The van der Waals surface area contributed by atoms with E-state index in [4.69, 9.17) is 0 Å². The summed E-state index contributed by atoms with van der Waals surface area (Å²) < 4.78 is 0. The highest BCUT2D eigenvalue weighted by molar-refractivity contribution is 4.90. The van der Waals surface area contributed by atoms with E-state index in [1.807, 2.05) is 0 Å². The lowest BCUT2D eigenvalue weighted by Crippen LogP contribution is -2.52. The van der Waals surface area contributed by atoms with E-state index in [1.54, 1.807) is 0 Å². The van der Waals surface area contributed by atoms with Crippen molar-refractivity contribution >= 4 is 0 Å². The van der Waals surface area contributed by atoms with E-state index in [9.17, 15) is 5.11 Å². The Hall–Kier alpha value is -0.0800. The van der Waals surface area contributed by atoms with E-state index < -0.39 is 0 Å². The lowest BCUT2D eigenvalue weighted by atomic mass is 9.72. The molecule has 0 aliphatic carbocycles. The van der Waals surface area contributed by atoms with Crippen molar-refractivity contribution in [3.63, 3.8) is 0 Å². The summed E-state index contributed by atoms with van der Waals surface area (Å²) in [5.74, 6) is 0.638. The van der Waals surface area contributed by atoms with Gasteiger partial charge in [0.15, 0.2) is 0 Å². The molecule has 0 bridgehead atoms. The van der Waals surface area contributed by atoms with Crippen LogP contribution in [0.25, 0.3) is 0 Å². The van der Waals surface area contributed by atoms with Gasteiger partial charge in [-0.05, 0) is 31.6 Å². The molecular formula is C12H25NO. The summed E-state index contributed by atoms with van der Waals surface area (Å²) in [5, 5.41) is 9.87. The number of rotatable bonds is 2. The van der Waals surface area contributed by atoms with Gasteiger partial charge >= 0.3 is 0 Å². The number of β-amino-alcohol motifs (C(OH)–C–C–N with tert-alkyl or cyclic N) is 1. The topological polar surface area (TPSA) is 23.5 Å². The van der Waals surface area contributed by atoms with Crippen molar-refractivity contribution in [3.8, 4) is 0 Å². The maximum absolute atomic E-state index is 9.87. The van der Waals surface area contributed by atoms with Crippen LogP contribution in [0.4, 0.5) is 0 Å². The Morgan fingerprint density at radius 2 is 1.86 bits per heavy atom. The fraction of sp³-hybridized carbons (Fsp3) is 1.00. The molecule has 0 radical (unpaired) electrons. The summed E-state index contributed by atoms with van der Waals surface area (Å²) >= 11 is 0. The highest BCUT2D eigenvalue weighted by Crippen LogP contribution is 2.37. The number of aliphatic hydroxyl groups is 1. The van der Waals surface area contributed by atoms with Crippen LogP contribution >= 0.6 is 0 Å². The smallest absolute Gasteiger partial charge is 0.0673 e. The van der Waals surface area contributed by atoms with Crippen LogP contribution in [0.3, 0.4) is 0 Å². The molecule has 1 N–H and O–H groups in total. The molecule has 1 heterocycles. The molecule has 0 aromatic rings. The van der Waals surface area contributed by atoms with Gasteiger partial charge in [0.2, 0.25) is 0 Å². The highest BCUT2D eigenvalue weighted by Gasteiger charge is 2.38. The van der Waals surface area contributed by atoms with Crippen LogP contribution < -0.4 is 0 Å². The minimum absolute atomic E-state index is 0.140. The van der Waals surface area contributed by atoms with Gasteiger partial charge < -0.3 is 5.11 Å². The van der Waals surface area contributed by atoms with Crippen molar-refractivity contribution in [3.05, 3.63) is 0 Å². The predicted octanol–water partition coefficient (Wildman–Crippen LogP) is 2.12. The molecule has 0 spiro atoms. The number of piperidine rings is 1. The molecule has 1 aliphatic heterocycles. The maximum atomic E-state index is 9.87. The second-order valence-corrected chi connectivity index (χ2v) is 5.69. The fourth-order valence-electron chi connectivity index (χ4n) is 2.28. The largest absolute Gasteiger partial charge is 0.392 e. The van der Waals surface area contributed by atoms with Crippen molar-refractivity contribution in [2.45, 2.75) is 53.2 Å². The Bertz CT molecular complexity index is 191. The standard InChI is InChI=1S/C12H25NO/c1-9(2)12(5)6-11(14)7-13(8-12)10(3)4/h9-11,14H,6-8H2,1-5H3/t11?,12-/m1/s1. The van der Waals surface area contributed by atoms with Crippen LogP contribution in [-0.4, -0.2) is 35.2 Å². The van der Waals surface area contributed by atoms with Crippen LogP contribution in [0, 0.1) is 11.3 Å². The molecule has 1 unspecified atom stereocenters. The summed E-state index contributed by atoms with van der Waals surface area (Å²) in [4.78, 5) is 2.40. The minimum atomic E-state index is -0.140. The van der Waals surface area contributed by atoms with Crippen molar-refractivity contribution in [1.29, 1.82) is 0 Å². The molecular weight excluding hydrogens is 174 g/mol. The molecule has 84 valence electrons. The van der Waals surface area contributed by atoms with Crippen LogP contribution in [0.1, 0.15) is 41.0 Å². The third-order valence-electron chi connectivity index (χ3n) is 3.84. The molecule has 0 aromatic carbocycles. The Morgan fingerprint density at radius 3 is 2.29 bits per heavy atom. The summed E-state index contributed by atoms with van der Waals surface area (Å²) in [6.07, 6.45) is 0.812. The van der Waals surface area contributed by atoms with Gasteiger partial charge in [0.25, 0.3) is 0 Å². The Balaban J connectivity index is 2.71. The number of hydrogen-bond acceptors (Lipinski definition) is 2. The van der Waals surface area contributed by atoms with Crippen LogP contribution in [0.2, 0.25) is 0 Å². The van der Waals surface area contributed by atoms with E-state index in [-0.39, 0.29) is 11.5 Å². The fourth-order valence-corrected chi connectivity index (χ4v) is 2.28. The Kier molecular flexibility index (Phi) is 3.59. The monoisotopic (exact) mass is 199 g/mol. The molecule has 2 heteroatoms. The first-order valence-electron chi connectivity index (χ1n) is 5.77.